The Morgan fingerprint density at radius 3 is 2.62 bits per heavy atom. The highest BCUT2D eigenvalue weighted by Gasteiger charge is 2.22. The molecule has 0 radical (unpaired) electrons. The second-order valence-corrected chi connectivity index (χ2v) is 8.68. The first-order chi connectivity index (χ1) is 14.1. The van der Waals surface area contributed by atoms with Crippen molar-refractivity contribution in [3.05, 3.63) is 35.4 Å². The van der Waals surface area contributed by atoms with Crippen LogP contribution in [0, 0.1) is 0 Å². The first-order valence-electron chi connectivity index (χ1n) is 10.3. The fourth-order valence-electron chi connectivity index (χ4n) is 3.53. The van der Waals surface area contributed by atoms with Crippen molar-refractivity contribution < 1.29 is 13.9 Å². The molecule has 0 bridgehead atoms. The third kappa shape index (κ3) is 4.93. The van der Waals surface area contributed by atoms with Gasteiger partial charge in [-0.05, 0) is 30.9 Å². The molecular formula is C21H28N4O3S. The van der Waals surface area contributed by atoms with Gasteiger partial charge < -0.3 is 19.0 Å². The standard InChI is InChI=1S/C21H28N4O3S/c1-15(2)17-13-19(24-9-11-27-12-10-24)23-21(22-17)29-14-16-5-6-18(28-16)20(26)25-7-3-4-8-25/h5-6,13,15H,3-4,7-12,14H2,1-2H3. The predicted octanol–water partition coefficient (Wildman–Crippen LogP) is 3.56. The number of furan rings is 1. The molecule has 2 fully saturated rings. The number of ether oxygens (including phenoxy) is 1. The van der Waals surface area contributed by atoms with Gasteiger partial charge in [0.15, 0.2) is 10.9 Å². The number of morpholine rings is 1. The number of carbonyl (C=O) groups is 1. The molecule has 0 N–H and O–H groups in total. The lowest BCUT2D eigenvalue weighted by atomic mass is 10.1. The van der Waals surface area contributed by atoms with Crippen molar-refractivity contribution in [2.75, 3.05) is 44.3 Å². The van der Waals surface area contributed by atoms with Crippen molar-refractivity contribution in [3.63, 3.8) is 0 Å². The highest BCUT2D eigenvalue weighted by molar-refractivity contribution is 7.98. The summed E-state index contributed by atoms with van der Waals surface area (Å²) >= 11 is 1.54. The van der Waals surface area contributed by atoms with Gasteiger partial charge in [0.25, 0.3) is 5.91 Å². The van der Waals surface area contributed by atoms with E-state index in [0.29, 0.717) is 17.4 Å². The molecule has 2 saturated heterocycles. The van der Waals surface area contributed by atoms with E-state index in [1.165, 1.54) is 0 Å². The van der Waals surface area contributed by atoms with Gasteiger partial charge in [-0.15, -0.1) is 0 Å². The third-order valence-electron chi connectivity index (χ3n) is 5.25. The van der Waals surface area contributed by atoms with Gasteiger partial charge in [0.1, 0.15) is 11.6 Å². The highest BCUT2D eigenvalue weighted by atomic mass is 32.2. The summed E-state index contributed by atoms with van der Waals surface area (Å²) in [5.74, 6) is 3.06. The van der Waals surface area contributed by atoms with E-state index in [9.17, 15) is 4.79 Å². The SMILES string of the molecule is CC(C)c1cc(N2CCOCC2)nc(SCc2ccc(C(=O)N3CCCC3)o2)n1. The lowest BCUT2D eigenvalue weighted by Crippen LogP contribution is -2.37. The maximum absolute atomic E-state index is 12.5. The van der Waals surface area contributed by atoms with E-state index in [1.807, 2.05) is 11.0 Å². The topological polar surface area (TPSA) is 71.7 Å². The van der Waals surface area contributed by atoms with Gasteiger partial charge in [-0.3, -0.25) is 4.79 Å². The number of rotatable bonds is 6. The van der Waals surface area contributed by atoms with Crippen molar-refractivity contribution in [3.8, 4) is 0 Å². The zero-order valence-electron chi connectivity index (χ0n) is 17.1. The van der Waals surface area contributed by atoms with E-state index >= 15 is 0 Å². The molecule has 1 amide bonds. The van der Waals surface area contributed by atoms with Gasteiger partial charge in [0.05, 0.1) is 19.0 Å². The van der Waals surface area contributed by atoms with E-state index in [2.05, 4.69) is 24.8 Å². The summed E-state index contributed by atoms with van der Waals surface area (Å²) in [6.07, 6.45) is 2.15. The van der Waals surface area contributed by atoms with Crippen LogP contribution in [0.3, 0.4) is 0 Å². The molecule has 4 heterocycles. The number of aromatic nitrogens is 2. The molecule has 2 aliphatic heterocycles. The van der Waals surface area contributed by atoms with Crippen molar-refractivity contribution in [1.29, 1.82) is 0 Å². The van der Waals surface area contributed by atoms with Crippen LogP contribution in [0.2, 0.25) is 0 Å². The number of carbonyl (C=O) groups excluding carboxylic acids is 1. The highest BCUT2D eigenvalue weighted by Crippen LogP contribution is 2.27. The van der Waals surface area contributed by atoms with Gasteiger partial charge in [0, 0.05) is 37.9 Å². The van der Waals surface area contributed by atoms with E-state index in [0.717, 1.165) is 74.7 Å². The van der Waals surface area contributed by atoms with Gasteiger partial charge in [-0.1, -0.05) is 25.6 Å². The maximum Gasteiger partial charge on any atom is 0.289 e. The zero-order chi connectivity index (χ0) is 20.2. The molecule has 156 valence electrons. The molecular weight excluding hydrogens is 388 g/mol. The van der Waals surface area contributed by atoms with Crippen molar-refractivity contribution in [2.45, 2.75) is 43.5 Å². The minimum absolute atomic E-state index is 0.00795. The lowest BCUT2D eigenvalue weighted by Gasteiger charge is -2.28. The number of nitrogens with zero attached hydrogens (tertiary/aromatic N) is 4. The van der Waals surface area contributed by atoms with Crippen LogP contribution in [-0.4, -0.2) is 60.2 Å². The number of likely N-dealkylation sites (tertiary alicyclic amines) is 1. The predicted molar refractivity (Wildman–Crippen MR) is 113 cm³/mol. The van der Waals surface area contributed by atoms with E-state index in [1.54, 1.807) is 17.8 Å². The molecule has 0 spiro atoms. The fraction of sp³-hybridized carbons (Fsp3) is 0.571. The molecule has 7 nitrogen and oxygen atoms in total. The van der Waals surface area contributed by atoms with Gasteiger partial charge in [-0.25, -0.2) is 9.97 Å². The molecule has 4 rings (SSSR count). The quantitative estimate of drug-likeness (QED) is 0.527. The first kappa shape index (κ1) is 20.2. The van der Waals surface area contributed by atoms with Crippen molar-refractivity contribution >= 4 is 23.5 Å². The molecule has 8 heteroatoms. The fourth-order valence-corrected chi connectivity index (χ4v) is 4.28. The molecule has 2 aliphatic rings. The van der Waals surface area contributed by atoms with E-state index in [4.69, 9.17) is 19.1 Å². The number of hydrogen-bond acceptors (Lipinski definition) is 7. The van der Waals surface area contributed by atoms with Crippen LogP contribution in [0.4, 0.5) is 5.82 Å². The van der Waals surface area contributed by atoms with Crippen LogP contribution < -0.4 is 4.90 Å². The lowest BCUT2D eigenvalue weighted by molar-refractivity contribution is 0.0759. The number of anilines is 1. The number of hydrogen-bond donors (Lipinski definition) is 0. The molecule has 0 aromatic carbocycles. The maximum atomic E-state index is 12.5. The normalized spacial score (nSPS) is 17.3. The minimum Gasteiger partial charge on any atom is -0.455 e. The van der Waals surface area contributed by atoms with Crippen molar-refractivity contribution in [1.82, 2.24) is 14.9 Å². The zero-order valence-corrected chi connectivity index (χ0v) is 17.9. The molecule has 0 atom stereocenters. The summed E-state index contributed by atoms with van der Waals surface area (Å²) in [4.78, 5) is 26.1. The number of thioether (sulfide) groups is 1. The Morgan fingerprint density at radius 2 is 1.90 bits per heavy atom. The molecule has 0 saturated carbocycles. The average molecular weight is 417 g/mol. The molecule has 2 aromatic heterocycles. The molecule has 29 heavy (non-hydrogen) atoms. The second kappa shape index (κ2) is 9.17. The first-order valence-corrected chi connectivity index (χ1v) is 11.3. The van der Waals surface area contributed by atoms with Gasteiger partial charge in [-0.2, -0.15) is 0 Å². The Hall–Kier alpha value is -2.06. The average Bonchev–Trinajstić information content (AvgIpc) is 3.44. The second-order valence-electron chi connectivity index (χ2n) is 7.74. The van der Waals surface area contributed by atoms with E-state index in [-0.39, 0.29) is 5.91 Å². The van der Waals surface area contributed by atoms with Crippen LogP contribution >= 0.6 is 11.8 Å². The van der Waals surface area contributed by atoms with Crippen LogP contribution in [0.15, 0.2) is 27.8 Å². The summed E-state index contributed by atoms with van der Waals surface area (Å²) in [5, 5.41) is 0.738. The molecule has 2 aromatic rings. The van der Waals surface area contributed by atoms with Gasteiger partial charge in [0.2, 0.25) is 0 Å². The van der Waals surface area contributed by atoms with Crippen LogP contribution in [0.25, 0.3) is 0 Å². The Morgan fingerprint density at radius 1 is 1.14 bits per heavy atom. The summed E-state index contributed by atoms with van der Waals surface area (Å²) in [7, 11) is 0. The molecule has 0 unspecified atom stereocenters. The van der Waals surface area contributed by atoms with Gasteiger partial charge >= 0.3 is 0 Å². The molecule has 0 aliphatic carbocycles. The summed E-state index contributed by atoms with van der Waals surface area (Å²) in [5.41, 5.74) is 1.04. The Kier molecular flexibility index (Phi) is 6.40. The van der Waals surface area contributed by atoms with E-state index < -0.39 is 0 Å². The Bertz CT molecular complexity index is 842. The Labute approximate surface area is 175 Å². The summed E-state index contributed by atoms with van der Waals surface area (Å²) in [6, 6.07) is 5.74. The monoisotopic (exact) mass is 416 g/mol. The van der Waals surface area contributed by atoms with Crippen molar-refractivity contribution in [2.24, 2.45) is 0 Å². The third-order valence-corrected chi connectivity index (χ3v) is 6.12. The van der Waals surface area contributed by atoms with Crippen LogP contribution in [0.5, 0.6) is 0 Å². The summed E-state index contributed by atoms with van der Waals surface area (Å²) in [6.45, 7) is 9.07. The Balaban J connectivity index is 1.45. The largest absolute Gasteiger partial charge is 0.455 e. The van der Waals surface area contributed by atoms with Crippen LogP contribution in [-0.2, 0) is 10.5 Å². The smallest absolute Gasteiger partial charge is 0.289 e. The summed E-state index contributed by atoms with van der Waals surface area (Å²) < 4.78 is 11.3. The van der Waals surface area contributed by atoms with Crippen LogP contribution in [0.1, 0.15) is 54.6 Å². The minimum atomic E-state index is -0.00795. The number of amides is 1.